The van der Waals surface area contributed by atoms with E-state index in [0.29, 0.717) is 12.2 Å². The number of carbonyl (C=O) groups excluding carboxylic acids is 1. The zero-order chi connectivity index (χ0) is 15.4. The topological polar surface area (TPSA) is 75.5 Å². The van der Waals surface area contributed by atoms with Gasteiger partial charge in [-0.15, -0.1) is 0 Å². The quantitative estimate of drug-likeness (QED) is 0.686. The molecule has 1 aliphatic rings. The van der Waals surface area contributed by atoms with Gasteiger partial charge < -0.3 is 10.2 Å². The van der Waals surface area contributed by atoms with Crippen molar-refractivity contribution in [2.24, 2.45) is 0 Å². The molecule has 2 rings (SSSR count). The average molecular weight is 291 g/mol. The van der Waals surface area contributed by atoms with E-state index in [1.54, 1.807) is 30.1 Å². The van der Waals surface area contributed by atoms with Gasteiger partial charge in [-0.05, 0) is 31.9 Å². The standard InChI is InChI=1S/C15H21N3O3/c1-11-7-4-3-5-10-17(11)15(19)12-8-6-9-13(16-2)14(12)18(20)21/h6,8-9,11,16H,3-5,7,10H2,1-2H3. The van der Waals surface area contributed by atoms with Crippen molar-refractivity contribution >= 4 is 17.3 Å². The molecule has 0 spiro atoms. The minimum Gasteiger partial charge on any atom is -0.383 e. The third-order valence-electron chi connectivity index (χ3n) is 4.03. The molecule has 1 amide bonds. The van der Waals surface area contributed by atoms with Crippen molar-refractivity contribution in [1.82, 2.24) is 4.90 Å². The van der Waals surface area contributed by atoms with Crippen LogP contribution in [0.25, 0.3) is 0 Å². The van der Waals surface area contributed by atoms with Gasteiger partial charge in [-0.2, -0.15) is 0 Å². The number of nitrogens with zero attached hydrogens (tertiary/aromatic N) is 2. The second-order valence-corrected chi connectivity index (χ2v) is 5.41. The highest BCUT2D eigenvalue weighted by Gasteiger charge is 2.30. The van der Waals surface area contributed by atoms with Crippen LogP contribution in [0.2, 0.25) is 0 Å². The average Bonchev–Trinajstić information content (AvgIpc) is 2.70. The highest BCUT2D eigenvalue weighted by Crippen LogP contribution is 2.30. The van der Waals surface area contributed by atoms with E-state index >= 15 is 0 Å². The van der Waals surface area contributed by atoms with E-state index < -0.39 is 4.92 Å². The van der Waals surface area contributed by atoms with E-state index in [0.717, 1.165) is 25.7 Å². The number of likely N-dealkylation sites (tertiary alicyclic amines) is 1. The van der Waals surface area contributed by atoms with E-state index in [1.165, 1.54) is 0 Å². The van der Waals surface area contributed by atoms with Crippen LogP contribution in [-0.4, -0.2) is 35.4 Å². The molecule has 1 aliphatic heterocycles. The lowest BCUT2D eigenvalue weighted by Crippen LogP contribution is -2.38. The van der Waals surface area contributed by atoms with E-state index in [2.05, 4.69) is 5.32 Å². The van der Waals surface area contributed by atoms with Gasteiger partial charge >= 0.3 is 5.69 Å². The first-order valence-corrected chi connectivity index (χ1v) is 7.32. The number of nitrogens with one attached hydrogen (secondary N) is 1. The molecule has 1 unspecified atom stereocenters. The summed E-state index contributed by atoms with van der Waals surface area (Å²) in [6.45, 7) is 2.68. The molecule has 0 aromatic heterocycles. The predicted octanol–water partition coefficient (Wildman–Crippen LogP) is 3.04. The number of hydrogen-bond donors (Lipinski definition) is 1. The molecule has 1 atom stereocenters. The molecule has 0 bridgehead atoms. The lowest BCUT2D eigenvalue weighted by molar-refractivity contribution is -0.384. The fourth-order valence-electron chi connectivity index (χ4n) is 2.85. The number of benzene rings is 1. The Morgan fingerprint density at radius 2 is 2.14 bits per heavy atom. The first-order valence-electron chi connectivity index (χ1n) is 7.32. The molecular weight excluding hydrogens is 270 g/mol. The lowest BCUT2D eigenvalue weighted by Gasteiger charge is -2.27. The van der Waals surface area contributed by atoms with E-state index in [1.807, 2.05) is 6.92 Å². The molecule has 0 radical (unpaired) electrons. The van der Waals surface area contributed by atoms with E-state index in [9.17, 15) is 14.9 Å². The summed E-state index contributed by atoms with van der Waals surface area (Å²) >= 11 is 0. The van der Waals surface area contributed by atoms with Gasteiger partial charge in [0.2, 0.25) is 0 Å². The van der Waals surface area contributed by atoms with Gasteiger partial charge in [0.05, 0.1) is 4.92 Å². The number of anilines is 1. The van der Waals surface area contributed by atoms with Gasteiger partial charge in [-0.25, -0.2) is 0 Å². The Kier molecular flexibility index (Phi) is 4.77. The Morgan fingerprint density at radius 3 is 2.81 bits per heavy atom. The largest absolute Gasteiger partial charge is 0.383 e. The molecule has 1 N–H and O–H groups in total. The van der Waals surface area contributed by atoms with Crippen molar-refractivity contribution < 1.29 is 9.72 Å². The fourth-order valence-corrected chi connectivity index (χ4v) is 2.85. The van der Waals surface area contributed by atoms with Crippen LogP contribution >= 0.6 is 0 Å². The summed E-state index contributed by atoms with van der Waals surface area (Å²) in [5.41, 5.74) is 0.398. The molecule has 0 aliphatic carbocycles. The Bertz CT molecular complexity index is 545. The van der Waals surface area contributed by atoms with Gasteiger partial charge in [0.25, 0.3) is 5.91 Å². The number of carbonyl (C=O) groups is 1. The summed E-state index contributed by atoms with van der Waals surface area (Å²) in [5, 5.41) is 14.1. The second-order valence-electron chi connectivity index (χ2n) is 5.41. The van der Waals surface area contributed by atoms with Crippen LogP contribution in [0.5, 0.6) is 0 Å². The molecule has 6 heteroatoms. The smallest absolute Gasteiger partial charge is 0.305 e. The SMILES string of the molecule is CNc1cccc(C(=O)N2CCCCCC2C)c1[N+](=O)[O-]. The van der Waals surface area contributed by atoms with E-state index in [4.69, 9.17) is 0 Å². The maximum Gasteiger partial charge on any atom is 0.305 e. The van der Waals surface area contributed by atoms with Crippen molar-refractivity contribution in [2.45, 2.75) is 38.6 Å². The summed E-state index contributed by atoms with van der Waals surface area (Å²) < 4.78 is 0. The first kappa shape index (κ1) is 15.3. The van der Waals surface area contributed by atoms with Gasteiger partial charge in [0.1, 0.15) is 11.3 Å². The maximum absolute atomic E-state index is 12.8. The molecule has 1 saturated heterocycles. The summed E-state index contributed by atoms with van der Waals surface area (Å²) in [6, 6.07) is 4.95. The van der Waals surface area contributed by atoms with Crippen LogP contribution in [0, 0.1) is 10.1 Å². The third kappa shape index (κ3) is 3.15. The molecule has 0 saturated carbocycles. The molecule has 1 fully saturated rings. The van der Waals surface area contributed by atoms with Gasteiger partial charge in [-0.1, -0.05) is 18.9 Å². The number of nitro benzene ring substituents is 1. The summed E-state index contributed by atoms with van der Waals surface area (Å²) in [4.78, 5) is 25.4. The molecular formula is C15H21N3O3. The van der Waals surface area contributed by atoms with Gasteiger partial charge in [-0.3, -0.25) is 14.9 Å². The summed E-state index contributed by atoms with van der Waals surface area (Å²) in [5.74, 6) is -0.242. The third-order valence-corrected chi connectivity index (χ3v) is 4.03. The Morgan fingerprint density at radius 1 is 1.38 bits per heavy atom. The minimum absolute atomic E-state index is 0.123. The van der Waals surface area contributed by atoms with Crippen molar-refractivity contribution in [3.63, 3.8) is 0 Å². The van der Waals surface area contributed by atoms with Crippen molar-refractivity contribution in [2.75, 3.05) is 18.9 Å². The maximum atomic E-state index is 12.8. The first-order chi connectivity index (χ1) is 10.1. The number of nitro groups is 1. The Hall–Kier alpha value is -2.11. The van der Waals surface area contributed by atoms with Crippen LogP contribution < -0.4 is 5.32 Å². The highest BCUT2D eigenvalue weighted by molar-refractivity contribution is 6.00. The predicted molar refractivity (Wildman–Crippen MR) is 81.6 cm³/mol. The Balaban J connectivity index is 2.40. The van der Waals surface area contributed by atoms with Crippen molar-refractivity contribution in [3.05, 3.63) is 33.9 Å². The zero-order valence-corrected chi connectivity index (χ0v) is 12.5. The molecule has 6 nitrogen and oxygen atoms in total. The lowest BCUT2D eigenvalue weighted by atomic mass is 10.1. The highest BCUT2D eigenvalue weighted by atomic mass is 16.6. The van der Waals surface area contributed by atoms with E-state index in [-0.39, 0.29) is 23.2 Å². The second kappa shape index (κ2) is 6.56. The summed E-state index contributed by atoms with van der Waals surface area (Å²) in [7, 11) is 1.62. The molecule has 1 aromatic carbocycles. The summed E-state index contributed by atoms with van der Waals surface area (Å²) in [6.07, 6.45) is 4.11. The zero-order valence-electron chi connectivity index (χ0n) is 12.5. The molecule has 21 heavy (non-hydrogen) atoms. The van der Waals surface area contributed by atoms with Crippen molar-refractivity contribution in [1.29, 1.82) is 0 Å². The number of rotatable bonds is 3. The minimum atomic E-state index is -0.485. The normalized spacial score (nSPS) is 19.0. The number of para-hydroxylation sites is 1. The molecule has 1 heterocycles. The van der Waals surface area contributed by atoms with Crippen LogP contribution in [-0.2, 0) is 0 Å². The van der Waals surface area contributed by atoms with Crippen LogP contribution in [0.1, 0.15) is 43.0 Å². The van der Waals surface area contributed by atoms with Crippen LogP contribution in [0.15, 0.2) is 18.2 Å². The fraction of sp³-hybridized carbons (Fsp3) is 0.533. The Labute approximate surface area is 124 Å². The molecule has 1 aromatic rings. The van der Waals surface area contributed by atoms with Crippen molar-refractivity contribution in [3.8, 4) is 0 Å². The van der Waals surface area contributed by atoms with Crippen LogP contribution in [0.3, 0.4) is 0 Å². The molecule has 114 valence electrons. The number of hydrogen-bond acceptors (Lipinski definition) is 4. The van der Waals surface area contributed by atoms with Gasteiger partial charge in [0.15, 0.2) is 0 Å². The van der Waals surface area contributed by atoms with Gasteiger partial charge in [0, 0.05) is 19.6 Å². The monoisotopic (exact) mass is 291 g/mol. The van der Waals surface area contributed by atoms with Crippen LogP contribution in [0.4, 0.5) is 11.4 Å². The number of amides is 1.